The van der Waals surface area contributed by atoms with Crippen LogP contribution >= 0.6 is 11.6 Å². The lowest BCUT2D eigenvalue weighted by Gasteiger charge is -2.23. The maximum atomic E-state index is 11.9. The van der Waals surface area contributed by atoms with Crippen LogP contribution in [0, 0.1) is 0 Å². The lowest BCUT2D eigenvalue weighted by atomic mass is 10.1. The molecule has 1 aliphatic heterocycles. The molecular formula is C13H15ClN2O3. The van der Waals surface area contributed by atoms with Gasteiger partial charge in [0.25, 0.3) is 0 Å². The maximum absolute atomic E-state index is 11.9. The van der Waals surface area contributed by atoms with Crippen LogP contribution in [0.2, 0.25) is 5.02 Å². The van der Waals surface area contributed by atoms with E-state index in [4.69, 9.17) is 11.6 Å². The molecule has 1 heterocycles. The number of carbonyl (C=O) groups excluding carboxylic acids is 1. The molecule has 1 amide bonds. The fraction of sp³-hybridized carbons (Fsp3) is 0.385. The van der Waals surface area contributed by atoms with Crippen LogP contribution in [0.3, 0.4) is 0 Å². The van der Waals surface area contributed by atoms with Crippen LogP contribution in [0.1, 0.15) is 16.8 Å². The summed E-state index contributed by atoms with van der Waals surface area (Å²) in [6, 6.07) is 4.61. The quantitative estimate of drug-likeness (QED) is 0.897. The Morgan fingerprint density at radius 2 is 2.11 bits per heavy atom. The average molecular weight is 283 g/mol. The molecule has 0 aromatic heterocycles. The van der Waals surface area contributed by atoms with Crippen molar-refractivity contribution in [3.63, 3.8) is 0 Å². The Bertz CT molecular complexity index is 519. The number of carbonyl (C=O) groups is 2. The second-order valence-corrected chi connectivity index (χ2v) is 4.99. The smallest absolute Gasteiger partial charge is 0.337 e. The normalized spacial score (nSPS) is 16.4. The Labute approximate surface area is 116 Å². The standard InChI is InChI=1S/C13H15ClN2O3/c1-15-5-2-6-16(8-12(15)17)11-7-9(14)3-4-10(11)13(18)19/h3-4,7H,2,5-6,8H2,1H3,(H,18,19). The monoisotopic (exact) mass is 282 g/mol. The third-order valence-corrected chi connectivity index (χ3v) is 3.44. The van der Waals surface area contributed by atoms with Gasteiger partial charge in [-0.05, 0) is 24.6 Å². The van der Waals surface area contributed by atoms with Crippen LogP contribution in [-0.2, 0) is 4.79 Å². The summed E-state index contributed by atoms with van der Waals surface area (Å²) in [6.07, 6.45) is 0.799. The zero-order valence-corrected chi connectivity index (χ0v) is 11.4. The number of rotatable bonds is 2. The highest BCUT2D eigenvalue weighted by Gasteiger charge is 2.23. The van der Waals surface area contributed by atoms with Gasteiger partial charge in [0, 0.05) is 25.2 Å². The molecule has 2 rings (SSSR count). The van der Waals surface area contributed by atoms with Gasteiger partial charge in [-0.1, -0.05) is 11.6 Å². The van der Waals surface area contributed by atoms with E-state index in [0.29, 0.717) is 23.8 Å². The summed E-state index contributed by atoms with van der Waals surface area (Å²) in [4.78, 5) is 26.5. The van der Waals surface area contributed by atoms with Gasteiger partial charge in [-0.25, -0.2) is 4.79 Å². The zero-order valence-electron chi connectivity index (χ0n) is 10.6. The van der Waals surface area contributed by atoms with Crippen molar-refractivity contribution in [3.05, 3.63) is 28.8 Å². The van der Waals surface area contributed by atoms with Gasteiger partial charge in [-0.2, -0.15) is 0 Å². The Kier molecular flexibility index (Phi) is 3.95. The molecule has 5 nitrogen and oxygen atoms in total. The molecule has 6 heteroatoms. The Morgan fingerprint density at radius 1 is 1.37 bits per heavy atom. The van der Waals surface area contributed by atoms with Gasteiger partial charge in [0.1, 0.15) is 0 Å². The average Bonchev–Trinajstić information content (AvgIpc) is 2.51. The van der Waals surface area contributed by atoms with E-state index in [2.05, 4.69) is 0 Å². The van der Waals surface area contributed by atoms with Crippen LogP contribution in [0.5, 0.6) is 0 Å². The summed E-state index contributed by atoms with van der Waals surface area (Å²) in [5, 5.41) is 9.67. The molecule has 0 atom stereocenters. The number of benzene rings is 1. The third-order valence-electron chi connectivity index (χ3n) is 3.20. The fourth-order valence-electron chi connectivity index (χ4n) is 2.14. The van der Waals surface area contributed by atoms with Gasteiger partial charge in [-0.15, -0.1) is 0 Å². The molecular weight excluding hydrogens is 268 g/mol. The summed E-state index contributed by atoms with van der Waals surface area (Å²) < 4.78 is 0. The first-order valence-corrected chi connectivity index (χ1v) is 6.38. The van der Waals surface area contributed by atoms with Gasteiger partial charge in [0.05, 0.1) is 17.8 Å². The highest BCUT2D eigenvalue weighted by Crippen LogP contribution is 2.26. The van der Waals surface area contributed by atoms with E-state index in [1.807, 2.05) is 0 Å². The minimum atomic E-state index is -1.02. The highest BCUT2D eigenvalue weighted by atomic mass is 35.5. The number of carboxylic acids is 1. The molecule has 1 aromatic rings. The predicted molar refractivity (Wildman–Crippen MR) is 72.9 cm³/mol. The topological polar surface area (TPSA) is 60.9 Å². The van der Waals surface area contributed by atoms with Gasteiger partial charge in [-0.3, -0.25) is 4.79 Å². The van der Waals surface area contributed by atoms with E-state index >= 15 is 0 Å². The highest BCUT2D eigenvalue weighted by molar-refractivity contribution is 6.31. The summed E-state index contributed by atoms with van der Waals surface area (Å²) in [5.74, 6) is -1.04. The number of halogens is 1. The number of hydrogen-bond acceptors (Lipinski definition) is 3. The predicted octanol–water partition coefficient (Wildman–Crippen LogP) is 1.71. The summed E-state index contributed by atoms with van der Waals surface area (Å²) in [5.41, 5.74) is 0.672. The van der Waals surface area contributed by atoms with E-state index < -0.39 is 5.97 Å². The fourth-order valence-corrected chi connectivity index (χ4v) is 2.31. The Morgan fingerprint density at radius 3 is 2.79 bits per heavy atom. The molecule has 1 N–H and O–H groups in total. The lowest BCUT2D eigenvalue weighted by molar-refractivity contribution is -0.127. The van der Waals surface area contributed by atoms with Crippen molar-refractivity contribution in [1.82, 2.24) is 4.90 Å². The first kappa shape index (κ1) is 13.7. The first-order chi connectivity index (χ1) is 8.99. The summed E-state index contributed by atoms with van der Waals surface area (Å²) in [7, 11) is 1.75. The second-order valence-electron chi connectivity index (χ2n) is 4.56. The van der Waals surface area contributed by atoms with E-state index in [1.54, 1.807) is 29.0 Å². The number of anilines is 1. The number of amides is 1. The minimum absolute atomic E-state index is 0.0196. The molecule has 0 radical (unpaired) electrons. The molecule has 1 aliphatic rings. The van der Waals surface area contributed by atoms with Gasteiger partial charge >= 0.3 is 5.97 Å². The molecule has 1 saturated heterocycles. The number of carboxylic acid groups (broad SMARTS) is 1. The first-order valence-electron chi connectivity index (χ1n) is 6.01. The van der Waals surface area contributed by atoms with Crippen molar-refractivity contribution in [2.45, 2.75) is 6.42 Å². The van der Waals surface area contributed by atoms with Gasteiger partial charge in [0.15, 0.2) is 0 Å². The number of likely N-dealkylation sites (N-methyl/N-ethyl adjacent to an activating group) is 1. The van der Waals surface area contributed by atoms with Crippen molar-refractivity contribution in [2.75, 3.05) is 31.6 Å². The second kappa shape index (κ2) is 5.48. The lowest BCUT2D eigenvalue weighted by Crippen LogP contribution is -2.35. The number of hydrogen-bond donors (Lipinski definition) is 1. The van der Waals surface area contributed by atoms with Crippen LogP contribution < -0.4 is 4.90 Å². The van der Waals surface area contributed by atoms with E-state index in [1.165, 1.54) is 6.07 Å². The molecule has 0 bridgehead atoms. The van der Waals surface area contributed by atoms with Crippen molar-refractivity contribution in [1.29, 1.82) is 0 Å². The van der Waals surface area contributed by atoms with Crippen molar-refractivity contribution >= 4 is 29.2 Å². The van der Waals surface area contributed by atoms with Gasteiger partial charge < -0.3 is 14.9 Å². The number of nitrogens with zero attached hydrogens (tertiary/aromatic N) is 2. The van der Waals surface area contributed by atoms with E-state index in [9.17, 15) is 14.7 Å². The molecule has 0 saturated carbocycles. The number of aromatic carboxylic acids is 1. The van der Waals surface area contributed by atoms with Crippen LogP contribution in [-0.4, -0.2) is 48.6 Å². The van der Waals surface area contributed by atoms with Crippen LogP contribution in [0.4, 0.5) is 5.69 Å². The third kappa shape index (κ3) is 2.98. The van der Waals surface area contributed by atoms with Crippen molar-refractivity contribution in [3.8, 4) is 0 Å². The Balaban J connectivity index is 2.37. The molecule has 1 aromatic carbocycles. The zero-order chi connectivity index (χ0) is 14.0. The molecule has 1 fully saturated rings. The van der Waals surface area contributed by atoms with Crippen molar-refractivity contribution in [2.24, 2.45) is 0 Å². The molecule has 0 aliphatic carbocycles. The largest absolute Gasteiger partial charge is 0.478 e. The molecule has 0 spiro atoms. The van der Waals surface area contributed by atoms with Gasteiger partial charge in [0.2, 0.25) is 5.91 Å². The molecule has 19 heavy (non-hydrogen) atoms. The SMILES string of the molecule is CN1CCCN(c2cc(Cl)ccc2C(=O)O)CC1=O. The van der Waals surface area contributed by atoms with Crippen molar-refractivity contribution < 1.29 is 14.7 Å². The molecule has 102 valence electrons. The van der Waals surface area contributed by atoms with E-state index in [-0.39, 0.29) is 18.0 Å². The molecule has 0 unspecified atom stereocenters. The van der Waals surface area contributed by atoms with Crippen LogP contribution in [0.15, 0.2) is 18.2 Å². The summed E-state index contributed by atoms with van der Waals surface area (Å²) in [6.45, 7) is 1.49. The Hall–Kier alpha value is -1.75. The summed E-state index contributed by atoms with van der Waals surface area (Å²) >= 11 is 5.93. The van der Waals surface area contributed by atoms with E-state index in [0.717, 1.165) is 6.42 Å². The van der Waals surface area contributed by atoms with Crippen LogP contribution in [0.25, 0.3) is 0 Å². The maximum Gasteiger partial charge on any atom is 0.337 e. The minimum Gasteiger partial charge on any atom is -0.478 e.